The van der Waals surface area contributed by atoms with Crippen LogP contribution in [0.5, 0.6) is 0 Å². The normalized spacial score (nSPS) is 31.4. The van der Waals surface area contributed by atoms with Gasteiger partial charge in [0, 0.05) is 76.8 Å². The highest BCUT2D eigenvalue weighted by Crippen LogP contribution is 2.54. The summed E-state index contributed by atoms with van der Waals surface area (Å²) in [5, 5.41) is 0. The summed E-state index contributed by atoms with van der Waals surface area (Å²) < 4.78 is 34.9. The van der Waals surface area contributed by atoms with Crippen molar-refractivity contribution in [2.45, 2.75) is 111 Å². The molecular weight excluding hydrogens is 654 g/mol. The second kappa shape index (κ2) is 15.3. The predicted octanol–water partition coefficient (Wildman–Crippen LogP) is 3.79. The minimum Gasteiger partial charge on any atom is -0.458 e. The van der Waals surface area contributed by atoms with Crippen molar-refractivity contribution in [3.63, 3.8) is 0 Å². The number of Topliss-reactive ketones (excluding diaryl/α,β-unsaturated/α-hetero) is 1. The van der Waals surface area contributed by atoms with E-state index in [9.17, 15) is 33.6 Å². The van der Waals surface area contributed by atoms with Crippen LogP contribution in [0.4, 0.5) is 0 Å². The van der Waals surface area contributed by atoms with Crippen molar-refractivity contribution in [3.8, 4) is 0 Å². The van der Waals surface area contributed by atoms with Crippen molar-refractivity contribution in [1.29, 1.82) is 0 Å². The molecule has 1 aromatic heterocycles. The average Bonchev–Trinajstić information content (AvgIpc) is 3.22. The van der Waals surface area contributed by atoms with E-state index in [0.29, 0.717) is 0 Å². The number of fused-ring (bicyclic) bond motifs is 1. The third-order valence-electron chi connectivity index (χ3n) is 8.83. The molecular formula is C36H45NO13. The molecule has 0 amide bonds. The largest absolute Gasteiger partial charge is 0.458 e. The van der Waals surface area contributed by atoms with E-state index >= 15 is 0 Å². The van der Waals surface area contributed by atoms with Gasteiger partial charge in [-0.2, -0.15) is 0 Å². The van der Waals surface area contributed by atoms with E-state index in [2.05, 4.69) is 11.6 Å². The minimum atomic E-state index is -2.25. The van der Waals surface area contributed by atoms with Crippen LogP contribution in [0, 0.1) is 17.3 Å². The molecule has 0 spiro atoms. The molecule has 50 heavy (non-hydrogen) atoms. The van der Waals surface area contributed by atoms with Crippen molar-refractivity contribution in [2.24, 2.45) is 17.3 Å². The summed E-state index contributed by atoms with van der Waals surface area (Å²) in [6.45, 7) is 16.0. The van der Waals surface area contributed by atoms with E-state index in [4.69, 9.17) is 28.4 Å². The second-order valence-corrected chi connectivity index (χ2v) is 13.5. The first kappa shape index (κ1) is 39.6. The van der Waals surface area contributed by atoms with Gasteiger partial charge in [-0.15, -0.1) is 0 Å². The molecule has 1 saturated carbocycles. The Labute approximate surface area is 290 Å². The first-order valence-electron chi connectivity index (χ1n) is 16.1. The third-order valence-corrected chi connectivity index (χ3v) is 8.83. The maximum Gasteiger partial charge on any atom is 0.340 e. The molecule has 0 bridgehead atoms. The molecule has 0 saturated heterocycles. The molecule has 272 valence electrons. The molecule has 1 aromatic rings. The number of hydrogen-bond acceptors (Lipinski definition) is 14. The lowest BCUT2D eigenvalue weighted by atomic mass is 9.72. The molecule has 14 nitrogen and oxygen atoms in total. The number of aromatic nitrogens is 1. The SMILES string of the molecule is C=C1[C@H](OC(C)=O)C[C@@H](OC(=O)c2cccnc2)C(C)(C)/C=C\[C@@H](C)C(=O)[C@@]2(OC(C)=O)C[C@@](C)(OC(C)=O)[C@H](OC(C)=O)C2[C@H]1OC(C)=O. The van der Waals surface area contributed by atoms with Gasteiger partial charge in [0.1, 0.15) is 18.3 Å². The molecule has 0 radical (unpaired) electrons. The van der Waals surface area contributed by atoms with Gasteiger partial charge >= 0.3 is 35.8 Å². The Bertz CT molecular complexity index is 1570. The number of allylic oxidation sites excluding steroid dienone is 1. The summed E-state index contributed by atoms with van der Waals surface area (Å²) in [5.74, 6) is -8.29. The highest BCUT2D eigenvalue weighted by atomic mass is 16.6. The molecule has 1 fully saturated rings. The number of hydrogen-bond donors (Lipinski definition) is 0. The molecule has 3 rings (SSSR count). The topological polar surface area (TPSA) is 188 Å². The molecule has 2 aliphatic carbocycles. The van der Waals surface area contributed by atoms with Crippen molar-refractivity contribution in [2.75, 3.05) is 0 Å². The van der Waals surface area contributed by atoms with Crippen LogP contribution >= 0.6 is 0 Å². The third kappa shape index (κ3) is 8.82. The molecule has 1 heterocycles. The van der Waals surface area contributed by atoms with E-state index in [-0.39, 0.29) is 17.6 Å². The Morgan fingerprint density at radius 3 is 1.96 bits per heavy atom. The van der Waals surface area contributed by atoms with Gasteiger partial charge in [-0.3, -0.25) is 33.8 Å². The van der Waals surface area contributed by atoms with E-state index < -0.39 is 101 Å². The fourth-order valence-electron chi connectivity index (χ4n) is 6.80. The van der Waals surface area contributed by atoms with E-state index in [0.717, 1.165) is 34.6 Å². The summed E-state index contributed by atoms with van der Waals surface area (Å²) in [6, 6.07) is 3.07. The number of pyridine rings is 1. The molecule has 14 heteroatoms. The molecule has 8 atom stereocenters. The zero-order valence-electron chi connectivity index (χ0n) is 29.8. The van der Waals surface area contributed by atoms with Crippen molar-refractivity contribution in [3.05, 3.63) is 54.4 Å². The quantitative estimate of drug-likeness (QED) is 0.227. The fourth-order valence-corrected chi connectivity index (χ4v) is 6.80. The van der Waals surface area contributed by atoms with Crippen LogP contribution < -0.4 is 0 Å². The lowest BCUT2D eigenvalue weighted by Crippen LogP contribution is -2.57. The maximum atomic E-state index is 14.8. The summed E-state index contributed by atoms with van der Waals surface area (Å²) in [7, 11) is 0. The van der Waals surface area contributed by atoms with Gasteiger partial charge in [0.2, 0.25) is 0 Å². The van der Waals surface area contributed by atoms with E-state index in [1.807, 2.05) is 0 Å². The van der Waals surface area contributed by atoms with Gasteiger partial charge in [-0.25, -0.2) is 4.79 Å². The maximum absolute atomic E-state index is 14.8. The Hall–Kier alpha value is -4.88. The van der Waals surface area contributed by atoms with Crippen LogP contribution in [0.1, 0.15) is 85.5 Å². The van der Waals surface area contributed by atoms with Gasteiger partial charge in [0.15, 0.2) is 23.1 Å². The van der Waals surface area contributed by atoms with Crippen molar-refractivity contribution >= 4 is 41.6 Å². The number of esters is 6. The van der Waals surface area contributed by atoms with Crippen LogP contribution in [-0.2, 0) is 57.2 Å². The number of ether oxygens (including phenoxy) is 6. The van der Waals surface area contributed by atoms with E-state index in [1.165, 1.54) is 31.5 Å². The van der Waals surface area contributed by atoms with Gasteiger partial charge in [0.25, 0.3) is 0 Å². The van der Waals surface area contributed by atoms with Crippen LogP contribution in [0.25, 0.3) is 0 Å². The zero-order valence-corrected chi connectivity index (χ0v) is 29.8. The highest BCUT2D eigenvalue weighted by molar-refractivity contribution is 5.94. The first-order valence-corrected chi connectivity index (χ1v) is 16.1. The number of carbonyl (C=O) groups is 7. The molecule has 0 aliphatic heterocycles. The fraction of sp³-hybridized carbons (Fsp3) is 0.556. The molecule has 0 aromatic carbocycles. The first-order chi connectivity index (χ1) is 23.1. The number of nitrogens with zero attached hydrogens (tertiary/aromatic N) is 1. The summed E-state index contributed by atoms with van der Waals surface area (Å²) in [6.07, 6.45) is -0.387. The predicted molar refractivity (Wildman–Crippen MR) is 174 cm³/mol. The standard InChI is InChI=1S/C36H45NO13/c1-19-13-14-34(8,9)28(48-33(44)26-12-11-15-37-17-26)16-27(45-21(3)38)20(2)30(46-22(4)39)29-32(47-23(5)40)35(10,49-24(6)41)18-36(29,31(19)43)50-25(7)42/h11-15,17,19,27-30,32H,2,16,18H2,1,3-10H3/b14-13-/t19-,27-,28-,29?,30+,32-,35-,36-/m1/s1. The summed E-state index contributed by atoms with van der Waals surface area (Å²) >= 11 is 0. The van der Waals surface area contributed by atoms with Crippen molar-refractivity contribution in [1.82, 2.24) is 4.98 Å². The minimum absolute atomic E-state index is 0.121. The Kier molecular flexibility index (Phi) is 12.1. The Morgan fingerprint density at radius 1 is 0.840 bits per heavy atom. The summed E-state index contributed by atoms with van der Waals surface area (Å²) in [4.78, 5) is 95.5. The number of rotatable bonds is 7. The number of ketones is 1. The smallest absolute Gasteiger partial charge is 0.340 e. The molecule has 2 aliphatic rings. The van der Waals surface area contributed by atoms with Crippen LogP contribution in [0.2, 0.25) is 0 Å². The highest BCUT2D eigenvalue weighted by Gasteiger charge is 2.71. The van der Waals surface area contributed by atoms with E-state index in [1.54, 1.807) is 32.9 Å². The van der Waals surface area contributed by atoms with Crippen LogP contribution in [0.3, 0.4) is 0 Å². The summed E-state index contributed by atoms with van der Waals surface area (Å²) in [5.41, 5.74) is -5.08. The monoisotopic (exact) mass is 699 g/mol. The number of carbonyl (C=O) groups excluding carboxylic acids is 7. The van der Waals surface area contributed by atoms with Gasteiger partial charge in [-0.05, 0) is 19.1 Å². The second-order valence-electron chi connectivity index (χ2n) is 13.5. The van der Waals surface area contributed by atoms with Crippen LogP contribution in [0.15, 0.2) is 48.8 Å². The molecule has 1 unspecified atom stereocenters. The van der Waals surface area contributed by atoms with Gasteiger partial charge in [0.05, 0.1) is 11.5 Å². The molecule has 0 N–H and O–H groups in total. The average molecular weight is 700 g/mol. The Morgan fingerprint density at radius 2 is 1.44 bits per heavy atom. The lowest BCUT2D eigenvalue weighted by molar-refractivity contribution is -0.190. The van der Waals surface area contributed by atoms with Gasteiger partial charge in [-0.1, -0.05) is 39.5 Å². The zero-order chi connectivity index (χ0) is 37.8. The van der Waals surface area contributed by atoms with Crippen LogP contribution in [-0.4, -0.2) is 82.2 Å². The van der Waals surface area contributed by atoms with Gasteiger partial charge < -0.3 is 28.4 Å². The van der Waals surface area contributed by atoms with Crippen molar-refractivity contribution < 1.29 is 62.0 Å². The lowest BCUT2D eigenvalue weighted by Gasteiger charge is -2.42. The Balaban J connectivity index is 2.41.